The van der Waals surface area contributed by atoms with Crippen molar-refractivity contribution in [3.05, 3.63) is 108 Å². The standard InChI is InChI=1S/C50H81N4O11S5.C28H38N2O3S5.C27H47N3O8.HI/c1-14-54(12,13)23-26-63-46(59)36(6)30-38(47(60)64-25-22-53(9,10)11)29-35(5)45(58)62-24-21-52-42(55)32-41(44(52)57)70-68-28-27-65-48(61)50(7,8)33-39(43(56)51-34(3)4)31-40(69-49(66)67-15-2)37-19-17-16-18-20-37;1-6-35-27(34)37-23(21-12-8-7-9-13-21)18-22(25(31)30-20(2)3)19-28(4,5)26(32)33-16-17-36-38-24-14-10-11-15-29-24;1-9-30(7,8)14-17-37-26(34)21(3)19-22(27(35)38-16-13-29(4,5)6)18-20(2)25(33)36-15-12-28-23(31)10-11-24(28)32;/h16-20,34-36,38-41H,14-15,21-33H2,1-13H3;7-15,20,22-23H,6,16-19H2,1-5H3,(H,30,31);10-11,20-22H,9,12-19H2,1-8H3;1H/q+1;;+2;/p+1. The van der Waals surface area contributed by atoms with E-state index in [4.69, 9.17) is 62.3 Å². The lowest BCUT2D eigenvalue weighted by molar-refractivity contribution is -0.888. The average Bonchev–Trinajstić information content (AvgIpc) is 1.72. The van der Waals surface area contributed by atoms with Gasteiger partial charge >= 0.3 is 47.8 Å². The third kappa shape index (κ3) is 56.5. The molecule has 6 amide bonds. The summed E-state index contributed by atoms with van der Waals surface area (Å²) >= 11 is 17.7. The Kier molecular flexibility index (Phi) is 65.5. The normalized spacial score (nSPS) is 15.5. The highest BCUT2D eigenvalue weighted by molar-refractivity contribution is 14.0. The van der Waals surface area contributed by atoms with Crippen LogP contribution in [0.15, 0.2) is 102 Å². The summed E-state index contributed by atoms with van der Waals surface area (Å²) in [7, 11) is 25.8. The van der Waals surface area contributed by atoms with Crippen molar-refractivity contribution in [2.24, 2.45) is 58.2 Å². The summed E-state index contributed by atoms with van der Waals surface area (Å²) in [6.45, 7) is 35.0. The Balaban J connectivity index is 0.000000803. The van der Waals surface area contributed by atoms with Gasteiger partial charge < -0.3 is 66.5 Å². The van der Waals surface area contributed by atoms with E-state index in [9.17, 15) is 67.1 Å². The van der Waals surface area contributed by atoms with E-state index in [1.54, 1.807) is 116 Å². The molecular formula is C105H168IN9O22S10+4. The molecule has 0 radical (unpaired) electrons. The maximum absolute atomic E-state index is 13.6. The summed E-state index contributed by atoms with van der Waals surface area (Å²) in [5.74, 6) is -7.73. The number of pyridine rings is 1. The highest BCUT2D eigenvalue weighted by Crippen LogP contribution is 2.45. The van der Waals surface area contributed by atoms with Gasteiger partial charge in [-0.3, -0.25) is 76.9 Å². The van der Waals surface area contributed by atoms with Crippen LogP contribution in [0.2, 0.25) is 0 Å². The van der Waals surface area contributed by atoms with Gasteiger partial charge in [-0.25, -0.2) is 4.98 Å². The van der Waals surface area contributed by atoms with E-state index in [-0.39, 0.29) is 174 Å². The third-order valence-corrected chi connectivity index (χ3v) is 34.4. The van der Waals surface area contributed by atoms with Crippen LogP contribution in [0.25, 0.3) is 0 Å². The first-order valence-corrected chi connectivity index (χ1v) is 59.5. The van der Waals surface area contributed by atoms with E-state index in [1.165, 1.54) is 21.6 Å². The van der Waals surface area contributed by atoms with Gasteiger partial charge in [0.05, 0.1) is 143 Å². The molecule has 42 heteroatoms. The maximum atomic E-state index is 13.6. The van der Waals surface area contributed by atoms with Gasteiger partial charge in [0.15, 0.2) is 0 Å². The number of likely N-dealkylation sites (N-methyl/N-ethyl adjacent to an activating group) is 4. The van der Waals surface area contributed by atoms with Crippen LogP contribution >= 0.6 is 139 Å². The lowest BCUT2D eigenvalue weighted by Crippen LogP contribution is -2.42. The molecule has 147 heavy (non-hydrogen) atoms. The number of hydrogen-bond acceptors (Lipinski definition) is 33. The van der Waals surface area contributed by atoms with Gasteiger partial charge in [0.1, 0.15) is 96.4 Å². The molecule has 31 nitrogen and oxygen atoms in total. The molecule has 11 unspecified atom stereocenters. The Hall–Kier alpha value is -6.14. The van der Waals surface area contributed by atoms with Crippen LogP contribution in [0.1, 0.15) is 190 Å². The van der Waals surface area contributed by atoms with E-state index in [2.05, 4.69) is 62.6 Å². The summed E-state index contributed by atoms with van der Waals surface area (Å²) in [5.41, 5.74) is 0.375. The fourth-order valence-electron chi connectivity index (χ4n) is 14.5. The molecule has 1 saturated heterocycles. The van der Waals surface area contributed by atoms with Gasteiger partial charge in [0.2, 0.25) is 23.6 Å². The number of hydrogen-bond donors (Lipinski definition) is 2. The minimum absolute atomic E-state index is 0. The van der Waals surface area contributed by atoms with Crippen molar-refractivity contribution in [1.29, 1.82) is 0 Å². The number of quaternary nitrogens is 4. The number of imide groups is 2. The molecule has 3 aromatic rings. The van der Waals surface area contributed by atoms with Crippen LogP contribution in [-0.2, 0) is 105 Å². The Bertz CT molecular complexity index is 4640. The Morgan fingerprint density at radius 2 is 0.782 bits per heavy atom. The molecule has 1 aromatic heterocycles. The minimum Gasteiger partial charge on any atom is -0.464 e. The highest BCUT2D eigenvalue weighted by atomic mass is 127. The number of nitrogens with one attached hydrogen (secondary N) is 2. The van der Waals surface area contributed by atoms with Crippen LogP contribution in [0.3, 0.4) is 0 Å². The number of likely N-dealkylation sites (tertiary alicyclic amines) is 1. The first-order valence-electron chi connectivity index (χ1n) is 50.2. The topological polar surface area (TPSA) is 356 Å². The lowest BCUT2D eigenvalue weighted by Gasteiger charge is -2.30. The molecule has 0 spiro atoms. The second-order valence-electron chi connectivity index (χ2n) is 41.7. The predicted octanol–water partition coefficient (Wildman–Crippen LogP) is 17.1. The van der Waals surface area contributed by atoms with Gasteiger partial charge in [0.25, 0.3) is 11.8 Å². The summed E-state index contributed by atoms with van der Waals surface area (Å²) < 4.78 is 48.5. The highest BCUT2D eigenvalue weighted by Gasteiger charge is 2.43. The molecule has 3 heterocycles. The zero-order valence-electron chi connectivity index (χ0n) is 91.4. The summed E-state index contributed by atoms with van der Waals surface area (Å²) in [6.07, 6.45) is 6.26. The number of rotatable bonds is 64. The molecule has 828 valence electrons. The number of ether oxygens (including phenoxy) is 8. The van der Waals surface area contributed by atoms with E-state index in [0.29, 0.717) is 77.0 Å². The van der Waals surface area contributed by atoms with Gasteiger partial charge in [-0.05, 0) is 166 Å². The van der Waals surface area contributed by atoms with Crippen LogP contribution < -0.4 is 10.6 Å². The molecule has 11 atom stereocenters. The fraction of sp³-hybridized carbons (Fsp3) is 0.667. The number of thioether (sulfide) groups is 4. The monoisotopic (exact) mass is 2350 g/mol. The second-order valence-corrected chi connectivity index (χ2v) is 54.2. The van der Waals surface area contributed by atoms with E-state index < -0.39 is 117 Å². The van der Waals surface area contributed by atoms with Crippen molar-refractivity contribution >= 4 is 229 Å². The van der Waals surface area contributed by atoms with Gasteiger partial charge in [-0.15, -0.1) is 47.5 Å². The molecule has 2 N–H and O–H groups in total. The maximum Gasteiger partial charge on any atom is 0.311 e. The molecule has 2 aliphatic heterocycles. The van der Waals surface area contributed by atoms with E-state index >= 15 is 0 Å². The Morgan fingerprint density at radius 3 is 1.13 bits per heavy atom. The summed E-state index contributed by atoms with van der Waals surface area (Å²) in [4.78, 5) is 187. The Labute approximate surface area is 936 Å². The van der Waals surface area contributed by atoms with Crippen molar-refractivity contribution in [1.82, 2.24) is 25.4 Å². The number of halogens is 1. The van der Waals surface area contributed by atoms with Gasteiger partial charge in [-0.1, -0.05) is 189 Å². The van der Waals surface area contributed by atoms with Crippen molar-refractivity contribution in [2.75, 3.05) is 199 Å². The molecule has 1 fully saturated rings. The minimum atomic E-state index is -0.991. The second kappa shape index (κ2) is 70.3. The number of esters is 8. The van der Waals surface area contributed by atoms with E-state index in [1.807, 2.05) is 172 Å². The van der Waals surface area contributed by atoms with Crippen molar-refractivity contribution in [3.63, 3.8) is 0 Å². The molecular weight excluding hydrogens is 2190 g/mol. The van der Waals surface area contributed by atoms with Crippen molar-refractivity contribution in [2.45, 2.75) is 201 Å². The molecule has 0 bridgehead atoms. The van der Waals surface area contributed by atoms with Crippen molar-refractivity contribution < 1.29 is 123 Å². The van der Waals surface area contributed by atoms with Crippen LogP contribution in [0.4, 0.5) is 0 Å². The molecule has 0 aliphatic carbocycles. The van der Waals surface area contributed by atoms with Crippen molar-refractivity contribution in [3.8, 4) is 0 Å². The first-order chi connectivity index (χ1) is 68.4. The quantitative estimate of drug-likeness (QED) is 0.00774. The molecule has 0 saturated carbocycles. The zero-order valence-corrected chi connectivity index (χ0v) is 102. The number of nitrogens with zero attached hydrogens (tertiary/aromatic N) is 7. The SMILES string of the molecule is CCSC(=S)SC(CC(CC(C)(C)C(=O)OCCSSC1CC(=O)N(CCOC(=O)C(C)CC(CC(C)C(=O)OCC[N+](C)(C)CC)C(=O)OCC[N+](C)(C)C)C1=O)C(=O)NC(C)C)c1ccccc1.CCSC(=S)SC(CC(CC(C)(C)C(=O)OCCSSc1ccccn1)C(=O)NC(C)C)c1ccccc1.CC[N+](C)(C)CCOC(=O)C(C)CC(CC(C)C(=O)OCCN1C(=O)C=CC1=O)C(=O)OCC[N+](C)(C)C.I. The van der Waals surface area contributed by atoms with Crippen LogP contribution in [0, 0.1) is 58.2 Å². The largest absolute Gasteiger partial charge is 0.464 e. The first kappa shape index (κ1) is 137. The van der Waals surface area contributed by atoms with Crippen LogP contribution in [0.5, 0.6) is 0 Å². The van der Waals surface area contributed by atoms with E-state index in [0.717, 1.165) is 74.2 Å². The number of aromatic nitrogens is 1. The molecule has 2 aromatic carbocycles. The average molecular weight is 2360 g/mol. The van der Waals surface area contributed by atoms with Crippen LogP contribution in [-0.4, -0.2) is 339 Å². The predicted molar refractivity (Wildman–Crippen MR) is 614 cm³/mol. The fourth-order valence-corrected chi connectivity index (χ4v) is 24.0. The molecule has 2 aliphatic rings. The summed E-state index contributed by atoms with van der Waals surface area (Å²) in [5, 5.41) is 6.29. The smallest absolute Gasteiger partial charge is 0.311 e. The van der Waals surface area contributed by atoms with Gasteiger partial charge in [-0.2, -0.15) is 0 Å². The number of benzene rings is 2. The summed E-state index contributed by atoms with van der Waals surface area (Å²) in [6, 6.07) is 25.8. The Morgan fingerprint density at radius 1 is 0.435 bits per heavy atom. The number of carbonyl (C=O) groups excluding carboxylic acids is 14. The third-order valence-electron chi connectivity index (χ3n) is 24.0. The van der Waals surface area contributed by atoms with Gasteiger partial charge in [0, 0.05) is 70.7 Å². The number of carbonyl (C=O) groups is 14. The zero-order chi connectivity index (χ0) is 110. The number of thiocarbonyl (C=S) groups is 2. The molecule has 5 rings (SSSR count). The number of amides is 6. The lowest BCUT2D eigenvalue weighted by atomic mass is 9.80.